The van der Waals surface area contributed by atoms with Crippen molar-refractivity contribution in [2.45, 2.75) is 83.7 Å². The number of halogens is 1. The summed E-state index contributed by atoms with van der Waals surface area (Å²) in [6, 6.07) is 5.83. The van der Waals surface area contributed by atoms with Crippen LogP contribution in [0.5, 0.6) is 0 Å². The van der Waals surface area contributed by atoms with E-state index >= 15 is 0 Å². The van der Waals surface area contributed by atoms with Crippen LogP contribution in [0.3, 0.4) is 0 Å². The maximum absolute atomic E-state index is 13.8. The maximum Gasteiger partial charge on any atom is 0.308 e. The monoisotopic (exact) mass is 577 g/mol. The highest BCUT2D eigenvalue weighted by Crippen LogP contribution is 2.43. The van der Waals surface area contributed by atoms with Crippen molar-refractivity contribution in [1.29, 1.82) is 0 Å². The highest BCUT2D eigenvalue weighted by atomic mass is 32.2. The molecule has 214 valence electrons. The van der Waals surface area contributed by atoms with Crippen LogP contribution in [0.2, 0.25) is 18.1 Å². The second-order valence-electron chi connectivity index (χ2n) is 11.9. The van der Waals surface area contributed by atoms with Crippen molar-refractivity contribution in [2.24, 2.45) is 0 Å². The Morgan fingerprint density at radius 2 is 1.79 bits per heavy atom. The lowest BCUT2D eigenvalue weighted by molar-refractivity contribution is -0.196. The standard InChI is InChI=1S/C28H40FN3O5SSi/c1-19(2)24-22(16-18-28(17-10-11-23(33)36-28)37-39(8,9)27(3,4)5)25(20-12-14-21(29)15-13-20)31-26(30-24)32(6)38(7,34)35/h12-16,18-19H,10-11,17H2,1-9H3/b18-16+. The number of aromatic nitrogens is 2. The van der Waals surface area contributed by atoms with Crippen LogP contribution < -0.4 is 4.31 Å². The number of sulfonamides is 1. The SMILES string of the molecule is CC(C)c1nc(N(C)S(C)(=O)=O)nc(-c2ccc(F)cc2)c1/C=C/C1(O[Si](C)(C)C(C)(C)C)CCCC(=O)O1. The molecule has 3 rings (SSSR count). The Kier molecular flexibility index (Phi) is 8.79. The number of hydrogen-bond donors (Lipinski definition) is 0. The van der Waals surface area contributed by atoms with Gasteiger partial charge in [-0.15, -0.1) is 0 Å². The van der Waals surface area contributed by atoms with E-state index in [1.807, 2.05) is 13.8 Å². The van der Waals surface area contributed by atoms with E-state index in [1.165, 1.54) is 19.2 Å². The second kappa shape index (κ2) is 11.1. The Labute approximate surface area is 232 Å². The number of ether oxygens (including phenoxy) is 1. The van der Waals surface area contributed by atoms with Gasteiger partial charge in [-0.2, -0.15) is 0 Å². The summed E-state index contributed by atoms with van der Waals surface area (Å²) in [6.07, 6.45) is 6.08. The molecule has 2 heterocycles. The largest absolute Gasteiger partial charge is 0.430 e. The molecule has 0 saturated carbocycles. The summed E-state index contributed by atoms with van der Waals surface area (Å²) >= 11 is 0. The van der Waals surface area contributed by atoms with Gasteiger partial charge in [0.2, 0.25) is 21.8 Å². The Morgan fingerprint density at radius 1 is 1.18 bits per heavy atom. The molecule has 1 fully saturated rings. The van der Waals surface area contributed by atoms with Gasteiger partial charge in [-0.1, -0.05) is 34.6 Å². The van der Waals surface area contributed by atoms with E-state index in [0.29, 0.717) is 41.8 Å². The molecule has 0 bridgehead atoms. The van der Waals surface area contributed by atoms with E-state index in [-0.39, 0.29) is 22.9 Å². The van der Waals surface area contributed by atoms with E-state index in [4.69, 9.17) is 9.16 Å². The summed E-state index contributed by atoms with van der Waals surface area (Å²) in [7, 11) is -4.62. The number of hydrogen-bond acceptors (Lipinski definition) is 7. The molecule has 1 aliphatic heterocycles. The molecule has 1 saturated heterocycles. The van der Waals surface area contributed by atoms with Gasteiger partial charge in [-0.25, -0.2) is 27.1 Å². The molecule has 0 amide bonds. The van der Waals surface area contributed by atoms with Gasteiger partial charge in [0.1, 0.15) is 5.82 Å². The molecular weight excluding hydrogens is 537 g/mol. The molecule has 0 spiro atoms. The molecule has 0 N–H and O–H groups in total. The quantitative estimate of drug-likeness (QED) is 0.270. The van der Waals surface area contributed by atoms with Crippen molar-refractivity contribution < 1.29 is 26.8 Å². The van der Waals surface area contributed by atoms with Crippen molar-refractivity contribution in [2.75, 3.05) is 17.6 Å². The second-order valence-corrected chi connectivity index (χ2v) is 18.6. The van der Waals surface area contributed by atoms with Crippen molar-refractivity contribution >= 4 is 36.3 Å². The van der Waals surface area contributed by atoms with Crippen molar-refractivity contribution in [3.8, 4) is 11.3 Å². The van der Waals surface area contributed by atoms with Gasteiger partial charge in [0.25, 0.3) is 0 Å². The molecular formula is C28H40FN3O5SSi. The first-order chi connectivity index (χ1) is 17.9. The van der Waals surface area contributed by atoms with E-state index < -0.39 is 29.9 Å². The Bertz CT molecular complexity index is 1350. The minimum atomic E-state index is -3.64. The first-order valence-electron chi connectivity index (χ1n) is 13.1. The summed E-state index contributed by atoms with van der Waals surface area (Å²) in [6.45, 7) is 14.5. The lowest BCUT2D eigenvalue weighted by Gasteiger charge is -2.45. The van der Waals surface area contributed by atoms with Gasteiger partial charge in [0, 0.05) is 31.0 Å². The third-order valence-corrected chi connectivity index (χ3v) is 13.0. The van der Waals surface area contributed by atoms with E-state index in [0.717, 1.165) is 10.6 Å². The summed E-state index contributed by atoms with van der Waals surface area (Å²) in [5.74, 6) is -2.10. The highest BCUT2D eigenvalue weighted by Gasteiger charge is 2.47. The van der Waals surface area contributed by atoms with Gasteiger partial charge in [-0.05, 0) is 66.9 Å². The maximum atomic E-state index is 13.8. The number of benzene rings is 1. The molecule has 8 nitrogen and oxygen atoms in total. The van der Waals surface area contributed by atoms with Gasteiger partial charge in [0.15, 0.2) is 8.32 Å². The topological polar surface area (TPSA) is 98.7 Å². The lowest BCUT2D eigenvalue weighted by Crippen LogP contribution is -2.52. The minimum absolute atomic E-state index is 0.00834. The van der Waals surface area contributed by atoms with Crippen LogP contribution in [0.15, 0.2) is 30.3 Å². The fourth-order valence-electron chi connectivity index (χ4n) is 3.99. The molecule has 2 aromatic rings. The average Bonchev–Trinajstić information content (AvgIpc) is 2.80. The van der Waals surface area contributed by atoms with Crippen LogP contribution >= 0.6 is 0 Å². The predicted molar refractivity (Wildman–Crippen MR) is 155 cm³/mol. The molecule has 1 unspecified atom stereocenters. The Balaban J connectivity index is 2.27. The number of esters is 1. The van der Waals surface area contributed by atoms with Gasteiger partial charge in [-0.3, -0.25) is 4.79 Å². The summed E-state index contributed by atoms with van der Waals surface area (Å²) in [5.41, 5.74) is 2.22. The Morgan fingerprint density at radius 3 is 2.31 bits per heavy atom. The summed E-state index contributed by atoms with van der Waals surface area (Å²) < 4.78 is 52.1. The van der Waals surface area contributed by atoms with Crippen LogP contribution in [-0.4, -0.2) is 51.8 Å². The first kappa shape index (κ1) is 30.9. The van der Waals surface area contributed by atoms with E-state index in [1.54, 1.807) is 24.3 Å². The van der Waals surface area contributed by atoms with Crippen LogP contribution in [0.25, 0.3) is 17.3 Å². The molecule has 0 aliphatic carbocycles. The fraction of sp³-hybridized carbons (Fsp3) is 0.536. The van der Waals surface area contributed by atoms with E-state index in [9.17, 15) is 17.6 Å². The van der Waals surface area contributed by atoms with Crippen LogP contribution in [0, 0.1) is 5.82 Å². The number of nitrogens with zero attached hydrogens (tertiary/aromatic N) is 3. The smallest absolute Gasteiger partial charge is 0.308 e. The summed E-state index contributed by atoms with van der Waals surface area (Å²) in [5, 5.41) is -0.124. The number of carbonyl (C=O) groups is 1. The first-order valence-corrected chi connectivity index (χ1v) is 17.8. The van der Waals surface area contributed by atoms with Crippen molar-refractivity contribution in [3.05, 3.63) is 47.4 Å². The zero-order valence-electron chi connectivity index (χ0n) is 24.3. The van der Waals surface area contributed by atoms with Gasteiger partial charge >= 0.3 is 5.97 Å². The van der Waals surface area contributed by atoms with Crippen LogP contribution in [-0.2, 0) is 24.0 Å². The predicted octanol–water partition coefficient (Wildman–Crippen LogP) is 6.26. The number of carbonyl (C=O) groups excluding carboxylic acids is 1. The Hall–Kier alpha value is -2.63. The lowest BCUT2D eigenvalue weighted by atomic mass is 9.96. The molecule has 1 aliphatic rings. The molecule has 1 aromatic heterocycles. The molecule has 1 aromatic carbocycles. The van der Waals surface area contributed by atoms with Crippen LogP contribution in [0.4, 0.5) is 10.3 Å². The highest BCUT2D eigenvalue weighted by molar-refractivity contribution is 7.92. The zero-order chi connectivity index (χ0) is 29.4. The molecule has 11 heteroatoms. The van der Waals surface area contributed by atoms with Gasteiger partial charge in [0.05, 0.1) is 17.6 Å². The average molecular weight is 578 g/mol. The fourth-order valence-corrected chi connectivity index (χ4v) is 5.75. The number of rotatable bonds is 8. The third-order valence-electron chi connectivity index (χ3n) is 7.34. The van der Waals surface area contributed by atoms with Crippen LogP contribution in [0.1, 0.15) is 71.1 Å². The summed E-state index contributed by atoms with van der Waals surface area (Å²) in [4.78, 5) is 21.7. The van der Waals surface area contributed by atoms with E-state index in [2.05, 4.69) is 43.8 Å². The molecule has 1 atom stereocenters. The molecule has 0 radical (unpaired) electrons. The number of anilines is 1. The van der Waals surface area contributed by atoms with Crippen molar-refractivity contribution in [3.63, 3.8) is 0 Å². The third kappa shape index (κ3) is 7.12. The van der Waals surface area contributed by atoms with Gasteiger partial charge < -0.3 is 9.16 Å². The normalized spacial score (nSPS) is 19.0. The minimum Gasteiger partial charge on any atom is -0.430 e. The molecule has 39 heavy (non-hydrogen) atoms. The number of cyclic esters (lactones) is 1. The van der Waals surface area contributed by atoms with Crippen molar-refractivity contribution in [1.82, 2.24) is 9.97 Å². The zero-order valence-corrected chi connectivity index (χ0v) is 26.1.